The van der Waals surface area contributed by atoms with Crippen molar-refractivity contribution in [1.82, 2.24) is 15.3 Å². The maximum atomic E-state index is 12.1. The second kappa shape index (κ2) is 6.96. The zero-order chi connectivity index (χ0) is 16.2. The van der Waals surface area contributed by atoms with Crippen LogP contribution >= 0.6 is 11.6 Å². The van der Waals surface area contributed by atoms with Crippen LogP contribution in [0.4, 0.5) is 5.82 Å². The Bertz CT molecular complexity index is 698. The number of anilines is 1. The summed E-state index contributed by atoms with van der Waals surface area (Å²) in [5, 5.41) is 6.93. The summed E-state index contributed by atoms with van der Waals surface area (Å²) in [6.45, 7) is 2.51. The number of aryl methyl sites for hydroxylation is 1. The number of hydrogen-bond acceptors (Lipinski definition) is 4. The van der Waals surface area contributed by atoms with Gasteiger partial charge in [-0.3, -0.25) is 4.79 Å². The molecule has 3 rings (SSSR count). The predicted molar refractivity (Wildman–Crippen MR) is 90.9 cm³/mol. The zero-order valence-corrected chi connectivity index (χ0v) is 13.7. The molecule has 2 N–H and O–H groups in total. The van der Waals surface area contributed by atoms with Crippen LogP contribution in [0.5, 0.6) is 0 Å². The molecule has 2 aromatic rings. The van der Waals surface area contributed by atoms with Gasteiger partial charge in [-0.05, 0) is 43.9 Å². The average molecular weight is 331 g/mol. The Labute approximate surface area is 140 Å². The van der Waals surface area contributed by atoms with Gasteiger partial charge in [0, 0.05) is 23.7 Å². The molecule has 5 nitrogen and oxygen atoms in total. The van der Waals surface area contributed by atoms with Gasteiger partial charge in [-0.25, -0.2) is 9.97 Å². The largest absolute Gasteiger partial charge is 0.370 e. The highest BCUT2D eigenvalue weighted by molar-refractivity contribution is 6.30. The van der Waals surface area contributed by atoms with Gasteiger partial charge in [0.15, 0.2) is 0 Å². The average Bonchev–Trinajstić information content (AvgIpc) is 3.33. The SMILES string of the molecule is Cc1nc(NCCc2ccc(Cl)cc2)cc(C(=O)NC2CC2)n1. The Morgan fingerprint density at radius 1 is 1.26 bits per heavy atom. The van der Waals surface area contributed by atoms with Gasteiger partial charge in [0.1, 0.15) is 17.3 Å². The van der Waals surface area contributed by atoms with Crippen molar-refractivity contribution in [3.05, 3.63) is 52.4 Å². The van der Waals surface area contributed by atoms with Gasteiger partial charge in [-0.2, -0.15) is 0 Å². The summed E-state index contributed by atoms with van der Waals surface area (Å²) >= 11 is 5.88. The first-order chi connectivity index (χ1) is 11.1. The summed E-state index contributed by atoms with van der Waals surface area (Å²) in [5.41, 5.74) is 1.61. The van der Waals surface area contributed by atoms with Gasteiger partial charge in [0.05, 0.1) is 0 Å². The fourth-order valence-electron chi connectivity index (χ4n) is 2.25. The van der Waals surface area contributed by atoms with Crippen LogP contribution in [0, 0.1) is 6.92 Å². The third-order valence-corrected chi connectivity index (χ3v) is 3.87. The smallest absolute Gasteiger partial charge is 0.270 e. The lowest BCUT2D eigenvalue weighted by atomic mass is 10.1. The minimum absolute atomic E-state index is 0.126. The highest BCUT2D eigenvalue weighted by Gasteiger charge is 2.24. The molecule has 0 bridgehead atoms. The molecule has 0 atom stereocenters. The van der Waals surface area contributed by atoms with Crippen molar-refractivity contribution < 1.29 is 4.79 Å². The molecule has 1 fully saturated rings. The Hall–Kier alpha value is -2.14. The van der Waals surface area contributed by atoms with E-state index in [9.17, 15) is 4.79 Å². The van der Waals surface area contributed by atoms with Crippen molar-refractivity contribution in [3.8, 4) is 0 Å². The third kappa shape index (κ3) is 4.66. The Morgan fingerprint density at radius 2 is 2.00 bits per heavy atom. The van der Waals surface area contributed by atoms with Crippen LogP contribution in [-0.4, -0.2) is 28.5 Å². The van der Waals surface area contributed by atoms with Crippen LogP contribution in [0.15, 0.2) is 30.3 Å². The normalized spacial score (nSPS) is 13.7. The molecule has 120 valence electrons. The second-order valence-corrected chi connectivity index (χ2v) is 6.17. The molecule has 6 heteroatoms. The highest BCUT2D eigenvalue weighted by atomic mass is 35.5. The number of carbonyl (C=O) groups is 1. The lowest BCUT2D eigenvalue weighted by molar-refractivity contribution is 0.0945. The number of rotatable bonds is 6. The first kappa shape index (κ1) is 15.7. The number of carbonyl (C=O) groups excluding carboxylic acids is 1. The van der Waals surface area contributed by atoms with E-state index in [1.165, 1.54) is 5.56 Å². The van der Waals surface area contributed by atoms with E-state index in [1.807, 2.05) is 24.3 Å². The van der Waals surface area contributed by atoms with Gasteiger partial charge < -0.3 is 10.6 Å². The van der Waals surface area contributed by atoms with E-state index in [-0.39, 0.29) is 5.91 Å². The fraction of sp³-hybridized carbons (Fsp3) is 0.353. The Morgan fingerprint density at radius 3 is 2.70 bits per heavy atom. The van der Waals surface area contributed by atoms with Crippen LogP contribution < -0.4 is 10.6 Å². The predicted octanol–water partition coefficient (Wildman–Crippen LogP) is 2.99. The molecule has 1 aliphatic rings. The van der Waals surface area contributed by atoms with E-state index in [0.717, 1.165) is 30.8 Å². The molecule has 1 amide bonds. The van der Waals surface area contributed by atoms with Crippen LogP contribution in [0.25, 0.3) is 0 Å². The van der Waals surface area contributed by atoms with E-state index < -0.39 is 0 Å². The summed E-state index contributed by atoms with van der Waals surface area (Å²) in [5.74, 6) is 1.13. The molecule has 1 aromatic carbocycles. The monoisotopic (exact) mass is 330 g/mol. The first-order valence-corrected chi connectivity index (χ1v) is 8.13. The minimum Gasteiger partial charge on any atom is -0.370 e. The summed E-state index contributed by atoms with van der Waals surface area (Å²) in [7, 11) is 0. The maximum absolute atomic E-state index is 12.1. The van der Waals surface area contributed by atoms with E-state index >= 15 is 0 Å². The number of benzene rings is 1. The molecule has 0 radical (unpaired) electrons. The van der Waals surface area contributed by atoms with Crippen molar-refractivity contribution >= 4 is 23.3 Å². The molecule has 0 saturated heterocycles. The van der Waals surface area contributed by atoms with Gasteiger partial charge in [0.25, 0.3) is 5.91 Å². The highest BCUT2D eigenvalue weighted by Crippen LogP contribution is 2.19. The summed E-state index contributed by atoms with van der Waals surface area (Å²) in [6, 6.07) is 9.79. The van der Waals surface area contributed by atoms with Crippen molar-refractivity contribution in [1.29, 1.82) is 0 Å². The molecule has 0 unspecified atom stereocenters. The summed E-state index contributed by atoms with van der Waals surface area (Å²) in [6.07, 6.45) is 2.97. The number of nitrogens with zero attached hydrogens (tertiary/aromatic N) is 2. The minimum atomic E-state index is -0.126. The second-order valence-electron chi connectivity index (χ2n) is 5.74. The van der Waals surface area contributed by atoms with Crippen LogP contribution in [-0.2, 0) is 6.42 Å². The Kier molecular flexibility index (Phi) is 4.76. The fourth-order valence-corrected chi connectivity index (χ4v) is 2.37. The van der Waals surface area contributed by atoms with E-state index in [0.29, 0.717) is 23.4 Å². The molecule has 23 heavy (non-hydrogen) atoms. The van der Waals surface area contributed by atoms with Crippen molar-refractivity contribution in [2.24, 2.45) is 0 Å². The third-order valence-electron chi connectivity index (χ3n) is 3.62. The van der Waals surface area contributed by atoms with Crippen molar-refractivity contribution in [2.45, 2.75) is 32.2 Å². The molecular formula is C17H19ClN4O. The van der Waals surface area contributed by atoms with Crippen LogP contribution in [0.3, 0.4) is 0 Å². The number of amides is 1. The first-order valence-electron chi connectivity index (χ1n) is 7.75. The van der Waals surface area contributed by atoms with Crippen molar-refractivity contribution in [2.75, 3.05) is 11.9 Å². The standard InChI is InChI=1S/C17H19ClN4O/c1-11-20-15(17(23)22-14-6-7-14)10-16(21-11)19-9-8-12-2-4-13(18)5-3-12/h2-5,10,14H,6-9H2,1H3,(H,22,23)(H,19,20,21). The van der Waals surface area contributed by atoms with E-state index in [4.69, 9.17) is 11.6 Å². The maximum Gasteiger partial charge on any atom is 0.270 e. The van der Waals surface area contributed by atoms with E-state index in [1.54, 1.807) is 13.0 Å². The molecule has 1 aliphatic carbocycles. The topological polar surface area (TPSA) is 66.9 Å². The van der Waals surface area contributed by atoms with Gasteiger partial charge in [0.2, 0.25) is 0 Å². The molecular weight excluding hydrogens is 312 g/mol. The number of aromatic nitrogens is 2. The molecule has 0 spiro atoms. The molecule has 0 aliphatic heterocycles. The molecule has 1 heterocycles. The number of nitrogens with one attached hydrogen (secondary N) is 2. The van der Waals surface area contributed by atoms with Gasteiger partial charge >= 0.3 is 0 Å². The van der Waals surface area contributed by atoms with Gasteiger partial charge in [-0.15, -0.1) is 0 Å². The quantitative estimate of drug-likeness (QED) is 0.854. The lowest BCUT2D eigenvalue weighted by Crippen LogP contribution is -2.26. The zero-order valence-electron chi connectivity index (χ0n) is 13.0. The molecule has 1 saturated carbocycles. The van der Waals surface area contributed by atoms with Gasteiger partial charge in [-0.1, -0.05) is 23.7 Å². The van der Waals surface area contributed by atoms with Crippen LogP contribution in [0.1, 0.15) is 34.7 Å². The van der Waals surface area contributed by atoms with Crippen LogP contribution in [0.2, 0.25) is 5.02 Å². The number of halogens is 1. The van der Waals surface area contributed by atoms with Crippen molar-refractivity contribution in [3.63, 3.8) is 0 Å². The molecule has 1 aromatic heterocycles. The summed E-state index contributed by atoms with van der Waals surface area (Å²) in [4.78, 5) is 20.6. The number of hydrogen-bond donors (Lipinski definition) is 2. The Balaban J connectivity index is 1.59. The lowest BCUT2D eigenvalue weighted by Gasteiger charge is -2.09. The summed E-state index contributed by atoms with van der Waals surface area (Å²) < 4.78 is 0. The van der Waals surface area contributed by atoms with E-state index in [2.05, 4.69) is 20.6 Å².